The van der Waals surface area contributed by atoms with Crippen molar-refractivity contribution in [1.82, 2.24) is 4.98 Å². The number of pyridine rings is 1. The van der Waals surface area contributed by atoms with E-state index in [4.69, 9.17) is 5.11 Å². The third-order valence-corrected chi connectivity index (χ3v) is 1.79. The molecule has 1 atom stereocenters. The predicted octanol–water partition coefficient (Wildman–Crippen LogP) is 1.77. The normalized spacial score (nSPS) is 11.8. The van der Waals surface area contributed by atoms with Gasteiger partial charge in [-0.1, -0.05) is 6.08 Å². The van der Waals surface area contributed by atoms with E-state index < -0.39 is 5.97 Å². The number of hydrogen-bond donors (Lipinski definition) is 2. The second-order valence-corrected chi connectivity index (χ2v) is 2.90. The van der Waals surface area contributed by atoms with Crippen molar-refractivity contribution in [2.45, 2.75) is 13.0 Å². The SMILES string of the molecule is C=CC(C)Nc1ccncc1C(=O)O. The number of nitrogens with one attached hydrogen (secondary N) is 1. The van der Waals surface area contributed by atoms with Gasteiger partial charge in [-0.25, -0.2) is 4.79 Å². The highest BCUT2D eigenvalue weighted by Gasteiger charge is 2.10. The van der Waals surface area contributed by atoms with Gasteiger partial charge in [-0.15, -0.1) is 6.58 Å². The Bertz CT molecular complexity index is 350. The topological polar surface area (TPSA) is 62.2 Å². The molecule has 1 aromatic heterocycles. The number of hydrogen-bond acceptors (Lipinski definition) is 3. The maximum atomic E-state index is 10.8. The standard InChI is InChI=1S/C10H12N2O2/c1-3-7(2)12-9-4-5-11-6-8(9)10(13)14/h3-7H,1H2,2H3,(H,11,12)(H,13,14). The molecule has 2 N–H and O–H groups in total. The molecule has 0 aliphatic rings. The van der Waals surface area contributed by atoms with Gasteiger partial charge in [0.25, 0.3) is 0 Å². The van der Waals surface area contributed by atoms with Crippen LogP contribution in [0.4, 0.5) is 5.69 Å². The molecule has 1 aromatic rings. The molecule has 0 aliphatic heterocycles. The molecular weight excluding hydrogens is 180 g/mol. The van der Waals surface area contributed by atoms with Crippen LogP contribution in [0.2, 0.25) is 0 Å². The molecule has 4 heteroatoms. The van der Waals surface area contributed by atoms with Crippen LogP contribution < -0.4 is 5.32 Å². The van der Waals surface area contributed by atoms with E-state index in [1.807, 2.05) is 6.92 Å². The zero-order valence-corrected chi connectivity index (χ0v) is 7.90. The zero-order valence-electron chi connectivity index (χ0n) is 7.90. The third-order valence-electron chi connectivity index (χ3n) is 1.79. The third kappa shape index (κ3) is 2.32. The van der Waals surface area contributed by atoms with Gasteiger partial charge in [0.2, 0.25) is 0 Å². The van der Waals surface area contributed by atoms with E-state index in [9.17, 15) is 4.79 Å². The molecule has 0 radical (unpaired) electrons. The highest BCUT2D eigenvalue weighted by Crippen LogP contribution is 2.14. The smallest absolute Gasteiger partial charge is 0.339 e. The molecule has 1 unspecified atom stereocenters. The van der Waals surface area contributed by atoms with Crippen molar-refractivity contribution < 1.29 is 9.90 Å². The molecule has 1 heterocycles. The zero-order chi connectivity index (χ0) is 10.6. The van der Waals surface area contributed by atoms with Crippen LogP contribution in [0.5, 0.6) is 0 Å². The number of carboxylic acid groups (broad SMARTS) is 1. The summed E-state index contributed by atoms with van der Waals surface area (Å²) >= 11 is 0. The number of rotatable bonds is 4. The van der Waals surface area contributed by atoms with Crippen LogP contribution in [0.3, 0.4) is 0 Å². The minimum absolute atomic E-state index is 0.0236. The first-order valence-corrected chi connectivity index (χ1v) is 4.21. The molecule has 0 saturated heterocycles. The summed E-state index contributed by atoms with van der Waals surface area (Å²) in [6.45, 7) is 5.49. The Morgan fingerprint density at radius 3 is 3.07 bits per heavy atom. The van der Waals surface area contributed by atoms with E-state index in [-0.39, 0.29) is 11.6 Å². The van der Waals surface area contributed by atoms with Crippen LogP contribution >= 0.6 is 0 Å². The Hall–Kier alpha value is -1.84. The van der Waals surface area contributed by atoms with Gasteiger partial charge in [-0.3, -0.25) is 4.98 Å². The minimum atomic E-state index is -0.989. The van der Waals surface area contributed by atoms with Crippen LogP contribution in [0.1, 0.15) is 17.3 Å². The predicted molar refractivity (Wildman–Crippen MR) is 54.5 cm³/mol. The monoisotopic (exact) mass is 192 g/mol. The lowest BCUT2D eigenvalue weighted by Gasteiger charge is -2.12. The Kier molecular flexibility index (Phi) is 3.23. The van der Waals surface area contributed by atoms with E-state index in [0.717, 1.165) is 0 Å². The van der Waals surface area contributed by atoms with Crippen molar-refractivity contribution in [3.63, 3.8) is 0 Å². The summed E-state index contributed by atoms with van der Waals surface area (Å²) in [6.07, 6.45) is 4.57. The lowest BCUT2D eigenvalue weighted by Crippen LogP contribution is -2.14. The maximum Gasteiger partial charge on any atom is 0.339 e. The Morgan fingerprint density at radius 1 is 1.79 bits per heavy atom. The number of aromatic carboxylic acids is 1. The molecule has 74 valence electrons. The number of carbonyl (C=O) groups is 1. The summed E-state index contributed by atoms with van der Waals surface area (Å²) in [7, 11) is 0. The number of aromatic nitrogens is 1. The van der Waals surface area contributed by atoms with Crippen LogP contribution in [-0.4, -0.2) is 22.1 Å². The summed E-state index contributed by atoms with van der Waals surface area (Å²) in [4.78, 5) is 14.5. The van der Waals surface area contributed by atoms with E-state index in [0.29, 0.717) is 5.69 Å². The van der Waals surface area contributed by atoms with Gasteiger partial charge < -0.3 is 10.4 Å². The Balaban J connectivity index is 2.95. The van der Waals surface area contributed by atoms with Gasteiger partial charge in [0.05, 0.1) is 5.69 Å². The van der Waals surface area contributed by atoms with Crippen molar-refractivity contribution in [1.29, 1.82) is 0 Å². The average molecular weight is 192 g/mol. The van der Waals surface area contributed by atoms with Gasteiger partial charge in [-0.2, -0.15) is 0 Å². The van der Waals surface area contributed by atoms with E-state index in [1.165, 1.54) is 6.20 Å². The van der Waals surface area contributed by atoms with Crippen molar-refractivity contribution in [2.24, 2.45) is 0 Å². The summed E-state index contributed by atoms with van der Waals surface area (Å²) in [6, 6.07) is 1.65. The molecule has 14 heavy (non-hydrogen) atoms. The minimum Gasteiger partial charge on any atom is -0.478 e. The molecule has 0 saturated carbocycles. The lowest BCUT2D eigenvalue weighted by atomic mass is 10.2. The van der Waals surface area contributed by atoms with Gasteiger partial charge in [-0.05, 0) is 13.0 Å². The van der Waals surface area contributed by atoms with Crippen LogP contribution in [0.15, 0.2) is 31.1 Å². The van der Waals surface area contributed by atoms with Crippen LogP contribution in [0.25, 0.3) is 0 Å². The largest absolute Gasteiger partial charge is 0.478 e. The molecular formula is C10H12N2O2. The van der Waals surface area contributed by atoms with E-state index in [2.05, 4.69) is 16.9 Å². The first-order chi connectivity index (χ1) is 6.65. The lowest BCUT2D eigenvalue weighted by molar-refractivity contribution is 0.0697. The number of anilines is 1. The number of nitrogens with zero attached hydrogens (tertiary/aromatic N) is 1. The van der Waals surface area contributed by atoms with Gasteiger partial charge >= 0.3 is 5.97 Å². The van der Waals surface area contributed by atoms with E-state index >= 15 is 0 Å². The van der Waals surface area contributed by atoms with Gasteiger partial charge in [0.1, 0.15) is 5.56 Å². The van der Waals surface area contributed by atoms with Crippen molar-refractivity contribution in [3.8, 4) is 0 Å². The first-order valence-electron chi connectivity index (χ1n) is 4.21. The summed E-state index contributed by atoms with van der Waals surface area (Å²) in [5.41, 5.74) is 0.723. The second kappa shape index (κ2) is 4.41. The second-order valence-electron chi connectivity index (χ2n) is 2.90. The molecule has 4 nitrogen and oxygen atoms in total. The highest BCUT2D eigenvalue weighted by atomic mass is 16.4. The average Bonchev–Trinajstić information content (AvgIpc) is 2.18. The van der Waals surface area contributed by atoms with E-state index in [1.54, 1.807) is 18.3 Å². The fourth-order valence-electron chi connectivity index (χ4n) is 0.995. The quantitative estimate of drug-likeness (QED) is 0.713. The fourth-order valence-corrected chi connectivity index (χ4v) is 0.995. The maximum absolute atomic E-state index is 10.8. The molecule has 0 fully saturated rings. The Morgan fingerprint density at radius 2 is 2.50 bits per heavy atom. The molecule has 0 aliphatic carbocycles. The van der Waals surface area contributed by atoms with Gasteiger partial charge in [0, 0.05) is 18.4 Å². The molecule has 0 spiro atoms. The molecule has 0 aromatic carbocycles. The van der Waals surface area contributed by atoms with Crippen molar-refractivity contribution in [2.75, 3.05) is 5.32 Å². The fraction of sp³-hybridized carbons (Fsp3) is 0.200. The Labute approximate surface area is 82.3 Å². The highest BCUT2D eigenvalue weighted by molar-refractivity contribution is 5.93. The molecule has 0 amide bonds. The van der Waals surface area contributed by atoms with Crippen molar-refractivity contribution >= 4 is 11.7 Å². The molecule has 0 bridgehead atoms. The summed E-state index contributed by atoms with van der Waals surface area (Å²) in [5.74, 6) is -0.989. The van der Waals surface area contributed by atoms with Crippen LogP contribution in [0, 0.1) is 0 Å². The van der Waals surface area contributed by atoms with Gasteiger partial charge in [0.15, 0.2) is 0 Å². The first kappa shape index (κ1) is 10.2. The van der Waals surface area contributed by atoms with Crippen molar-refractivity contribution in [3.05, 3.63) is 36.7 Å². The summed E-state index contributed by atoms with van der Waals surface area (Å²) in [5, 5.41) is 11.8. The summed E-state index contributed by atoms with van der Waals surface area (Å²) < 4.78 is 0. The van der Waals surface area contributed by atoms with Crippen LogP contribution in [-0.2, 0) is 0 Å². The molecule has 1 rings (SSSR count). The number of carboxylic acids is 1.